The molecule has 1 aliphatic rings. The van der Waals surface area contributed by atoms with Gasteiger partial charge in [0.2, 0.25) is 5.95 Å². The number of aromatic nitrogens is 3. The summed E-state index contributed by atoms with van der Waals surface area (Å²) in [4.78, 5) is 12.2. The molecule has 0 fully saturated rings. The van der Waals surface area contributed by atoms with Crippen molar-refractivity contribution < 1.29 is 0 Å². The minimum absolute atomic E-state index is 0.267. The summed E-state index contributed by atoms with van der Waals surface area (Å²) in [6, 6.07) is 8.73. The zero-order valence-electron chi connectivity index (χ0n) is 12.1. The van der Waals surface area contributed by atoms with Crippen LogP contribution in [0.25, 0.3) is 10.9 Å². The van der Waals surface area contributed by atoms with Crippen LogP contribution in [0.2, 0.25) is 0 Å². The van der Waals surface area contributed by atoms with E-state index in [9.17, 15) is 0 Å². The predicted molar refractivity (Wildman–Crippen MR) is 84.4 cm³/mol. The van der Waals surface area contributed by atoms with E-state index in [0.717, 1.165) is 12.8 Å². The second-order valence-electron chi connectivity index (χ2n) is 5.73. The van der Waals surface area contributed by atoms with E-state index in [0.29, 0.717) is 5.95 Å². The monoisotopic (exact) mass is 278 g/mol. The molecule has 106 valence electrons. The minimum Gasteiger partial charge on any atom is -0.356 e. The van der Waals surface area contributed by atoms with Crippen LogP contribution in [0.15, 0.2) is 36.7 Å². The molecule has 0 saturated carbocycles. The van der Waals surface area contributed by atoms with E-state index in [1.165, 1.54) is 34.1 Å². The fourth-order valence-electron chi connectivity index (χ4n) is 3.25. The first-order chi connectivity index (χ1) is 10.3. The van der Waals surface area contributed by atoms with Gasteiger partial charge >= 0.3 is 0 Å². The number of aryl methyl sites for hydroxylation is 2. The van der Waals surface area contributed by atoms with Crippen molar-refractivity contribution in [1.29, 1.82) is 0 Å². The van der Waals surface area contributed by atoms with Crippen molar-refractivity contribution in [2.24, 2.45) is 0 Å². The fraction of sp³-hybridized carbons (Fsp3) is 0.294. The largest absolute Gasteiger partial charge is 0.356 e. The Morgan fingerprint density at radius 3 is 2.95 bits per heavy atom. The summed E-state index contributed by atoms with van der Waals surface area (Å²) in [5.41, 5.74) is 5.29. The van der Waals surface area contributed by atoms with Crippen molar-refractivity contribution in [1.82, 2.24) is 15.0 Å². The predicted octanol–water partition coefficient (Wildman–Crippen LogP) is 3.76. The quantitative estimate of drug-likeness (QED) is 0.750. The zero-order valence-corrected chi connectivity index (χ0v) is 12.1. The Balaban J connectivity index is 1.76. The maximum Gasteiger partial charge on any atom is 0.223 e. The van der Waals surface area contributed by atoms with Crippen molar-refractivity contribution in [2.75, 3.05) is 5.32 Å². The highest BCUT2D eigenvalue weighted by molar-refractivity contribution is 5.86. The normalized spacial score (nSPS) is 17.7. The van der Waals surface area contributed by atoms with Gasteiger partial charge < -0.3 is 10.3 Å². The Bertz CT molecular complexity index is 776. The SMILES string of the molecule is Cc1ccc2[nH]c3c(c2c1)CCCC3Nc1ncccn1. The van der Waals surface area contributed by atoms with Gasteiger partial charge in [0.25, 0.3) is 0 Å². The lowest BCUT2D eigenvalue weighted by atomic mass is 9.91. The first kappa shape index (κ1) is 12.4. The molecule has 0 bridgehead atoms. The minimum atomic E-state index is 0.267. The van der Waals surface area contributed by atoms with Crippen LogP contribution in [-0.4, -0.2) is 15.0 Å². The van der Waals surface area contributed by atoms with Crippen LogP contribution in [0.4, 0.5) is 5.95 Å². The summed E-state index contributed by atoms with van der Waals surface area (Å²) in [6.07, 6.45) is 6.99. The molecule has 4 nitrogen and oxygen atoms in total. The molecule has 0 spiro atoms. The summed E-state index contributed by atoms with van der Waals surface area (Å²) in [5, 5.41) is 4.83. The van der Waals surface area contributed by atoms with Gasteiger partial charge in [-0.1, -0.05) is 11.6 Å². The lowest BCUT2D eigenvalue weighted by Gasteiger charge is -2.23. The fourth-order valence-corrected chi connectivity index (χ4v) is 3.25. The van der Waals surface area contributed by atoms with Crippen molar-refractivity contribution in [3.63, 3.8) is 0 Å². The molecule has 1 atom stereocenters. The third-order valence-corrected chi connectivity index (χ3v) is 4.23. The molecule has 0 aliphatic heterocycles. The highest BCUT2D eigenvalue weighted by atomic mass is 15.1. The van der Waals surface area contributed by atoms with E-state index in [-0.39, 0.29) is 6.04 Å². The topological polar surface area (TPSA) is 53.6 Å². The first-order valence-corrected chi connectivity index (χ1v) is 7.46. The average molecular weight is 278 g/mol. The van der Waals surface area contributed by atoms with Gasteiger partial charge in [-0.05, 0) is 49.9 Å². The Hall–Kier alpha value is -2.36. The summed E-state index contributed by atoms with van der Waals surface area (Å²) in [5.74, 6) is 0.699. The van der Waals surface area contributed by atoms with Gasteiger partial charge in [-0.25, -0.2) is 9.97 Å². The molecule has 0 saturated heterocycles. The highest BCUT2D eigenvalue weighted by Crippen LogP contribution is 2.36. The zero-order chi connectivity index (χ0) is 14.2. The van der Waals surface area contributed by atoms with Gasteiger partial charge in [0.05, 0.1) is 6.04 Å². The van der Waals surface area contributed by atoms with Gasteiger partial charge in [0.15, 0.2) is 0 Å². The number of aromatic amines is 1. The molecule has 1 unspecified atom stereocenters. The smallest absolute Gasteiger partial charge is 0.223 e. The van der Waals surface area contributed by atoms with Gasteiger partial charge in [-0.15, -0.1) is 0 Å². The third kappa shape index (κ3) is 2.17. The number of fused-ring (bicyclic) bond motifs is 3. The number of hydrogen-bond acceptors (Lipinski definition) is 3. The molecule has 0 radical (unpaired) electrons. The van der Waals surface area contributed by atoms with Crippen molar-refractivity contribution >= 4 is 16.9 Å². The van der Waals surface area contributed by atoms with Crippen molar-refractivity contribution in [3.8, 4) is 0 Å². The van der Waals surface area contributed by atoms with Crippen LogP contribution in [-0.2, 0) is 6.42 Å². The van der Waals surface area contributed by atoms with Crippen LogP contribution >= 0.6 is 0 Å². The number of benzene rings is 1. The van der Waals surface area contributed by atoms with E-state index in [1.807, 2.05) is 6.07 Å². The van der Waals surface area contributed by atoms with Crippen molar-refractivity contribution in [3.05, 3.63) is 53.5 Å². The van der Waals surface area contributed by atoms with Crippen LogP contribution in [0.1, 0.15) is 35.7 Å². The van der Waals surface area contributed by atoms with Crippen LogP contribution in [0.3, 0.4) is 0 Å². The van der Waals surface area contributed by atoms with E-state index in [4.69, 9.17) is 0 Å². The number of anilines is 1. The average Bonchev–Trinajstić information content (AvgIpc) is 2.88. The van der Waals surface area contributed by atoms with Crippen LogP contribution in [0.5, 0.6) is 0 Å². The molecule has 21 heavy (non-hydrogen) atoms. The van der Waals surface area contributed by atoms with Gasteiger partial charge in [-0.2, -0.15) is 0 Å². The summed E-state index contributed by atoms with van der Waals surface area (Å²) >= 11 is 0. The lowest BCUT2D eigenvalue weighted by Crippen LogP contribution is -2.18. The molecule has 2 aromatic heterocycles. The molecule has 4 rings (SSSR count). The van der Waals surface area contributed by atoms with E-state index >= 15 is 0 Å². The number of hydrogen-bond donors (Lipinski definition) is 2. The number of nitrogens with zero attached hydrogens (tertiary/aromatic N) is 2. The second kappa shape index (κ2) is 4.88. The van der Waals surface area contributed by atoms with Gasteiger partial charge in [-0.3, -0.25) is 0 Å². The van der Waals surface area contributed by atoms with Crippen LogP contribution < -0.4 is 5.32 Å². The third-order valence-electron chi connectivity index (χ3n) is 4.23. The summed E-state index contributed by atoms with van der Waals surface area (Å²) in [7, 11) is 0. The maximum atomic E-state index is 4.28. The van der Waals surface area contributed by atoms with E-state index in [1.54, 1.807) is 12.4 Å². The van der Waals surface area contributed by atoms with E-state index < -0.39 is 0 Å². The standard InChI is InChI=1S/C17H18N4/c1-11-6-7-14-13(10-11)12-4-2-5-15(16(12)20-14)21-17-18-8-3-9-19-17/h3,6-10,15,20H,2,4-5H2,1H3,(H,18,19,21). The molecule has 2 heterocycles. The second-order valence-corrected chi connectivity index (χ2v) is 5.73. The highest BCUT2D eigenvalue weighted by Gasteiger charge is 2.24. The Morgan fingerprint density at radius 1 is 1.24 bits per heavy atom. The molecular formula is C17H18N4. The summed E-state index contributed by atoms with van der Waals surface area (Å²) in [6.45, 7) is 2.15. The van der Waals surface area contributed by atoms with Crippen molar-refractivity contribution in [2.45, 2.75) is 32.2 Å². The molecular weight excluding hydrogens is 260 g/mol. The molecule has 2 N–H and O–H groups in total. The van der Waals surface area contributed by atoms with Gasteiger partial charge in [0, 0.05) is 29.0 Å². The maximum absolute atomic E-state index is 4.28. The molecule has 4 heteroatoms. The number of nitrogens with one attached hydrogen (secondary N) is 2. The number of H-pyrrole nitrogens is 1. The molecule has 0 amide bonds. The molecule has 3 aromatic rings. The summed E-state index contributed by atoms with van der Waals surface area (Å²) < 4.78 is 0. The van der Waals surface area contributed by atoms with Gasteiger partial charge in [0.1, 0.15) is 0 Å². The number of rotatable bonds is 2. The first-order valence-electron chi connectivity index (χ1n) is 7.46. The van der Waals surface area contributed by atoms with E-state index in [2.05, 4.69) is 45.4 Å². The molecule has 1 aliphatic carbocycles. The molecule has 1 aromatic carbocycles. The van der Waals surface area contributed by atoms with Crippen LogP contribution in [0, 0.1) is 6.92 Å². The lowest BCUT2D eigenvalue weighted by molar-refractivity contribution is 0.589. The Morgan fingerprint density at radius 2 is 2.10 bits per heavy atom. The Labute approximate surface area is 123 Å². The Kier molecular flexibility index (Phi) is 2.88.